The van der Waals surface area contributed by atoms with E-state index < -0.39 is 0 Å². The minimum Gasteiger partial charge on any atom is -0.492 e. The second kappa shape index (κ2) is 3.15. The second-order valence-corrected chi connectivity index (χ2v) is 4.74. The van der Waals surface area contributed by atoms with E-state index in [4.69, 9.17) is 4.74 Å². The molecule has 2 heteroatoms. The molecular formula is C14H13BO. The third-order valence-electron chi connectivity index (χ3n) is 2.96. The van der Waals surface area contributed by atoms with Gasteiger partial charge in [0, 0.05) is 5.56 Å². The van der Waals surface area contributed by atoms with Gasteiger partial charge in [-0.1, -0.05) is 36.4 Å². The molecule has 78 valence electrons. The van der Waals surface area contributed by atoms with Crippen molar-refractivity contribution in [2.75, 3.05) is 0 Å². The van der Waals surface area contributed by atoms with Gasteiger partial charge in [-0.25, -0.2) is 0 Å². The van der Waals surface area contributed by atoms with Crippen molar-refractivity contribution in [2.24, 2.45) is 0 Å². The van der Waals surface area contributed by atoms with E-state index in [2.05, 4.69) is 63.3 Å². The van der Waals surface area contributed by atoms with Crippen molar-refractivity contribution in [3.63, 3.8) is 0 Å². The molecule has 2 aromatic rings. The standard InChI is InChI=1S/C14H13BO/c1-14(15)9-8-12-11-5-3-2-4-10(11)6-7-13(12)16-14/h2-9H,15H2,1H3. The highest BCUT2D eigenvalue weighted by Gasteiger charge is 2.22. The summed E-state index contributed by atoms with van der Waals surface area (Å²) >= 11 is 0. The average Bonchev–Trinajstić information content (AvgIpc) is 2.27. The molecule has 1 unspecified atom stereocenters. The molecule has 1 atom stereocenters. The lowest BCUT2D eigenvalue weighted by molar-refractivity contribution is 0.224. The van der Waals surface area contributed by atoms with Gasteiger partial charge in [0.05, 0.1) is 5.50 Å². The summed E-state index contributed by atoms with van der Waals surface area (Å²) in [6, 6.07) is 12.6. The Morgan fingerprint density at radius 2 is 1.94 bits per heavy atom. The van der Waals surface area contributed by atoms with Crippen LogP contribution in [0.3, 0.4) is 0 Å². The Hall–Kier alpha value is -1.70. The quantitative estimate of drug-likeness (QED) is 0.604. The Kier molecular flexibility index (Phi) is 1.87. The number of benzene rings is 2. The van der Waals surface area contributed by atoms with Crippen LogP contribution in [0.1, 0.15) is 12.5 Å². The molecule has 0 aromatic heterocycles. The molecule has 0 saturated heterocycles. The van der Waals surface area contributed by atoms with Crippen LogP contribution < -0.4 is 4.74 Å². The minimum atomic E-state index is -0.199. The summed E-state index contributed by atoms with van der Waals surface area (Å²) in [6.07, 6.45) is 4.28. The van der Waals surface area contributed by atoms with Crippen LogP contribution in [0.25, 0.3) is 16.8 Å². The maximum Gasteiger partial charge on any atom is 0.163 e. The fourth-order valence-electron chi connectivity index (χ4n) is 2.14. The predicted molar refractivity (Wildman–Crippen MR) is 70.6 cm³/mol. The zero-order valence-electron chi connectivity index (χ0n) is 9.53. The molecule has 0 aliphatic carbocycles. The first kappa shape index (κ1) is 9.53. The molecule has 0 saturated carbocycles. The van der Waals surface area contributed by atoms with Crippen molar-refractivity contribution >= 4 is 24.7 Å². The summed E-state index contributed by atoms with van der Waals surface area (Å²) in [6.45, 7) is 2.07. The van der Waals surface area contributed by atoms with Crippen molar-refractivity contribution in [1.29, 1.82) is 0 Å². The smallest absolute Gasteiger partial charge is 0.163 e. The topological polar surface area (TPSA) is 9.23 Å². The lowest BCUT2D eigenvalue weighted by Crippen LogP contribution is -2.31. The fourth-order valence-corrected chi connectivity index (χ4v) is 2.14. The predicted octanol–water partition coefficient (Wildman–Crippen LogP) is 2.59. The molecule has 0 fully saturated rings. The maximum atomic E-state index is 5.94. The van der Waals surface area contributed by atoms with Gasteiger partial charge in [-0.2, -0.15) is 0 Å². The Morgan fingerprint density at radius 1 is 1.12 bits per heavy atom. The molecule has 1 nitrogen and oxygen atoms in total. The van der Waals surface area contributed by atoms with Crippen LogP contribution in [-0.2, 0) is 0 Å². The molecular weight excluding hydrogens is 195 g/mol. The fraction of sp³-hybridized carbons (Fsp3) is 0.143. The van der Waals surface area contributed by atoms with Crippen molar-refractivity contribution in [2.45, 2.75) is 12.4 Å². The van der Waals surface area contributed by atoms with Crippen molar-refractivity contribution in [3.05, 3.63) is 48.0 Å². The van der Waals surface area contributed by atoms with E-state index in [1.807, 2.05) is 0 Å². The second-order valence-electron chi connectivity index (χ2n) is 4.74. The van der Waals surface area contributed by atoms with Gasteiger partial charge in [0.25, 0.3) is 0 Å². The van der Waals surface area contributed by atoms with E-state index in [0.717, 1.165) is 5.75 Å². The van der Waals surface area contributed by atoms with Crippen LogP contribution in [0, 0.1) is 0 Å². The van der Waals surface area contributed by atoms with E-state index in [1.165, 1.54) is 16.3 Å². The molecule has 1 heterocycles. The first-order chi connectivity index (χ1) is 7.66. The lowest BCUT2D eigenvalue weighted by atomic mass is 9.81. The lowest BCUT2D eigenvalue weighted by Gasteiger charge is -2.28. The highest BCUT2D eigenvalue weighted by Crippen LogP contribution is 2.34. The van der Waals surface area contributed by atoms with Crippen molar-refractivity contribution in [3.8, 4) is 5.75 Å². The number of rotatable bonds is 0. The summed E-state index contributed by atoms with van der Waals surface area (Å²) in [5.41, 5.74) is 0.993. The molecule has 1 aliphatic rings. The van der Waals surface area contributed by atoms with Crippen molar-refractivity contribution < 1.29 is 4.74 Å². The van der Waals surface area contributed by atoms with E-state index in [1.54, 1.807) is 0 Å². The van der Waals surface area contributed by atoms with Crippen LogP contribution in [0.5, 0.6) is 5.75 Å². The maximum absolute atomic E-state index is 5.94. The molecule has 0 N–H and O–H groups in total. The highest BCUT2D eigenvalue weighted by molar-refractivity contribution is 6.16. The summed E-state index contributed by atoms with van der Waals surface area (Å²) in [5, 5.41) is 2.51. The summed E-state index contributed by atoms with van der Waals surface area (Å²) in [7, 11) is 2.07. The summed E-state index contributed by atoms with van der Waals surface area (Å²) in [4.78, 5) is 0. The van der Waals surface area contributed by atoms with E-state index >= 15 is 0 Å². The molecule has 16 heavy (non-hydrogen) atoms. The number of hydrogen-bond donors (Lipinski definition) is 0. The van der Waals surface area contributed by atoms with Crippen LogP contribution in [-0.4, -0.2) is 13.3 Å². The van der Waals surface area contributed by atoms with Gasteiger partial charge in [0.2, 0.25) is 0 Å². The summed E-state index contributed by atoms with van der Waals surface area (Å²) < 4.78 is 5.94. The molecule has 0 bridgehead atoms. The first-order valence-electron chi connectivity index (χ1n) is 5.56. The van der Waals surface area contributed by atoms with E-state index in [0.29, 0.717) is 0 Å². The third-order valence-corrected chi connectivity index (χ3v) is 2.96. The van der Waals surface area contributed by atoms with Crippen molar-refractivity contribution in [1.82, 2.24) is 0 Å². The largest absolute Gasteiger partial charge is 0.492 e. The highest BCUT2D eigenvalue weighted by atomic mass is 16.5. The zero-order chi connectivity index (χ0) is 11.2. The molecule has 0 amide bonds. The van der Waals surface area contributed by atoms with Gasteiger partial charge >= 0.3 is 0 Å². The van der Waals surface area contributed by atoms with Crippen LogP contribution in [0.4, 0.5) is 0 Å². The monoisotopic (exact) mass is 208 g/mol. The Balaban J connectivity index is 2.29. The molecule has 0 spiro atoms. The molecule has 3 rings (SSSR count). The van der Waals surface area contributed by atoms with E-state index in [9.17, 15) is 0 Å². The third kappa shape index (κ3) is 1.42. The minimum absolute atomic E-state index is 0.199. The van der Waals surface area contributed by atoms with E-state index in [-0.39, 0.29) is 5.50 Å². The van der Waals surface area contributed by atoms with Gasteiger partial charge in [0.1, 0.15) is 5.75 Å². The molecule has 1 aliphatic heterocycles. The first-order valence-corrected chi connectivity index (χ1v) is 5.56. The normalized spacial score (nSPS) is 22.8. The average molecular weight is 208 g/mol. The number of hydrogen-bond acceptors (Lipinski definition) is 1. The van der Waals surface area contributed by atoms with Gasteiger partial charge in [-0.3, -0.25) is 0 Å². The SMILES string of the molecule is BC1(C)C=Cc2c(ccc3ccccc23)O1. The molecule has 0 radical (unpaired) electrons. The Labute approximate surface area is 96.1 Å². The van der Waals surface area contributed by atoms with Crippen LogP contribution >= 0.6 is 0 Å². The number of ether oxygens (including phenoxy) is 1. The van der Waals surface area contributed by atoms with Gasteiger partial charge in [-0.15, -0.1) is 0 Å². The van der Waals surface area contributed by atoms with Gasteiger partial charge in [0.15, 0.2) is 7.85 Å². The van der Waals surface area contributed by atoms with Gasteiger partial charge in [-0.05, 0) is 29.8 Å². The Morgan fingerprint density at radius 3 is 2.81 bits per heavy atom. The van der Waals surface area contributed by atoms with Crippen LogP contribution in [0.2, 0.25) is 0 Å². The Bertz CT molecular complexity index is 584. The molecule has 2 aromatic carbocycles. The summed E-state index contributed by atoms with van der Waals surface area (Å²) in [5.74, 6) is 0.978. The van der Waals surface area contributed by atoms with Crippen LogP contribution in [0.15, 0.2) is 42.5 Å². The number of fused-ring (bicyclic) bond motifs is 3. The van der Waals surface area contributed by atoms with Gasteiger partial charge < -0.3 is 4.74 Å². The zero-order valence-corrected chi connectivity index (χ0v) is 9.53.